The van der Waals surface area contributed by atoms with Gasteiger partial charge in [-0.3, -0.25) is 9.59 Å². The van der Waals surface area contributed by atoms with E-state index < -0.39 is 17.8 Å². The third-order valence-electron chi connectivity index (χ3n) is 4.65. The van der Waals surface area contributed by atoms with Crippen LogP contribution < -0.4 is 0 Å². The smallest absolute Gasteiger partial charge is 0.361 e. The quantitative estimate of drug-likeness (QED) is 0.612. The van der Waals surface area contributed by atoms with Crippen LogP contribution in [0.1, 0.15) is 27.6 Å². The lowest BCUT2D eigenvalue weighted by Crippen LogP contribution is -2.42. The Hall–Kier alpha value is -3.19. The Bertz CT molecular complexity index is 925. The van der Waals surface area contributed by atoms with Gasteiger partial charge in [-0.15, -0.1) is 0 Å². The van der Waals surface area contributed by atoms with Crippen LogP contribution in [-0.2, 0) is 14.4 Å². The van der Waals surface area contributed by atoms with Gasteiger partial charge in [0, 0.05) is 24.7 Å². The minimum atomic E-state index is -0.741. The molecule has 0 radical (unpaired) electrons. The summed E-state index contributed by atoms with van der Waals surface area (Å²) in [7, 11) is 0. The maximum Gasteiger partial charge on any atom is 0.361 e. The zero-order valence-corrected chi connectivity index (χ0v) is 14.8. The number of hydrogen-bond acceptors (Lipinski definition) is 6. The number of hydroxylamine groups is 2. The summed E-state index contributed by atoms with van der Waals surface area (Å²) in [5.41, 5.74) is 0.977. The highest BCUT2D eigenvalue weighted by molar-refractivity contribution is 6.25. The fourth-order valence-electron chi connectivity index (χ4n) is 3.28. The molecule has 0 spiro atoms. The maximum absolute atomic E-state index is 12.7. The van der Waals surface area contributed by atoms with E-state index in [-0.39, 0.29) is 0 Å². The lowest BCUT2D eigenvalue weighted by atomic mass is 9.95. The zero-order chi connectivity index (χ0) is 19.0. The first kappa shape index (κ1) is 17.2. The molecule has 138 valence electrons. The highest BCUT2D eigenvalue weighted by atomic mass is 16.7. The summed E-state index contributed by atoms with van der Waals surface area (Å²) in [5, 5.41) is 1.93. The van der Waals surface area contributed by atoms with Crippen LogP contribution in [0.4, 0.5) is 0 Å². The molecule has 2 aromatic rings. The molecule has 0 aromatic heterocycles. The van der Waals surface area contributed by atoms with Gasteiger partial charge in [-0.2, -0.15) is 0 Å². The van der Waals surface area contributed by atoms with Crippen LogP contribution in [0.15, 0.2) is 48.2 Å². The third kappa shape index (κ3) is 3.06. The molecule has 2 amide bonds. The molecule has 7 nitrogen and oxygen atoms in total. The molecule has 0 unspecified atom stereocenters. The second-order valence-electron chi connectivity index (χ2n) is 6.45. The molecule has 1 saturated heterocycles. The Balaban J connectivity index is 1.60. The molecular formula is C20H18N2O5. The maximum atomic E-state index is 12.7. The number of hydrogen-bond donors (Lipinski definition) is 0. The molecule has 2 aromatic carbocycles. The minimum absolute atomic E-state index is 0.301. The van der Waals surface area contributed by atoms with Crippen molar-refractivity contribution in [2.75, 3.05) is 26.3 Å². The number of carbonyl (C=O) groups is 3. The van der Waals surface area contributed by atoms with Crippen LogP contribution >= 0.6 is 0 Å². The predicted octanol–water partition coefficient (Wildman–Crippen LogP) is 2.13. The molecule has 7 heteroatoms. The average molecular weight is 366 g/mol. The first-order chi connectivity index (χ1) is 13.1. The van der Waals surface area contributed by atoms with E-state index in [0.29, 0.717) is 53.5 Å². The summed E-state index contributed by atoms with van der Waals surface area (Å²) in [6.07, 6.45) is 1.67. The highest BCUT2D eigenvalue weighted by Crippen LogP contribution is 2.30. The first-order valence-corrected chi connectivity index (χ1v) is 8.69. The van der Waals surface area contributed by atoms with Crippen molar-refractivity contribution in [2.45, 2.75) is 6.92 Å². The van der Waals surface area contributed by atoms with Gasteiger partial charge in [0.05, 0.1) is 29.9 Å². The van der Waals surface area contributed by atoms with E-state index in [4.69, 9.17) is 9.57 Å². The number of ether oxygens (including phenoxy) is 1. The van der Waals surface area contributed by atoms with E-state index >= 15 is 0 Å². The fraction of sp³-hybridized carbons (Fsp3) is 0.250. The molecule has 0 saturated carbocycles. The fourth-order valence-corrected chi connectivity index (χ4v) is 3.28. The van der Waals surface area contributed by atoms with Gasteiger partial charge in [0.1, 0.15) is 0 Å². The van der Waals surface area contributed by atoms with Crippen LogP contribution in [0.2, 0.25) is 0 Å². The van der Waals surface area contributed by atoms with Crippen molar-refractivity contribution in [1.29, 1.82) is 0 Å². The van der Waals surface area contributed by atoms with Crippen LogP contribution in [0.5, 0.6) is 0 Å². The molecule has 27 heavy (non-hydrogen) atoms. The molecule has 1 fully saturated rings. The number of nitrogens with zero attached hydrogens (tertiary/aromatic N) is 2. The Morgan fingerprint density at radius 1 is 1.04 bits per heavy atom. The summed E-state index contributed by atoms with van der Waals surface area (Å²) in [5.74, 6) is -2.02. The van der Waals surface area contributed by atoms with Gasteiger partial charge >= 0.3 is 5.97 Å². The van der Waals surface area contributed by atoms with Gasteiger partial charge in [0.2, 0.25) is 0 Å². The number of rotatable bonds is 3. The lowest BCUT2D eigenvalue weighted by molar-refractivity contribution is -0.164. The molecular weight excluding hydrogens is 348 g/mol. The number of morpholine rings is 1. The highest BCUT2D eigenvalue weighted by Gasteiger charge is 2.36. The molecule has 0 bridgehead atoms. The van der Waals surface area contributed by atoms with E-state index in [1.165, 1.54) is 0 Å². The lowest BCUT2D eigenvalue weighted by Gasteiger charge is -2.27. The van der Waals surface area contributed by atoms with E-state index in [2.05, 4.69) is 0 Å². The summed E-state index contributed by atoms with van der Waals surface area (Å²) in [4.78, 5) is 45.0. The second kappa shape index (κ2) is 6.85. The standard InChI is InChI=1S/C20H18N2O5/c1-13(12-21-8-10-26-11-9-21)20(25)27-22-18(23)15-6-2-4-14-5-3-7-16(17(14)15)19(22)24/h2-7,12H,8-11H2,1H3. The second-order valence-corrected chi connectivity index (χ2v) is 6.45. The van der Waals surface area contributed by atoms with Gasteiger partial charge in [-0.05, 0) is 24.4 Å². The van der Waals surface area contributed by atoms with Crippen molar-refractivity contribution in [3.8, 4) is 0 Å². The van der Waals surface area contributed by atoms with Crippen molar-refractivity contribution >= 4 is 28.6 Å². The number of benzene rings is 2. The first-order valence-electron chi connectivity index (χ1n) is 8.69. The molecule has 0 aliphatic carbocycles. The van der Waals surface area contributed by atoms with E-state index in [1.54, 1.807) is 37.4 Å². The molecule has 2 heterocycles. The molecule has 2 aliphatic heterocycles. The summed E-state index contributed by atoms with van der Waals surface area (Å²) in [6.45, 7) is 4.10. The summed E-state index contributed by atoms with van der Waals surface area (Å²) >= 11 is 0. The van der Waals surface area contributed by atoms with Crippen LogP contribution in [0.25, 0.3) is 10.8 Å². The van der Waals surface area contributed by atoms with Gasteiger partial charge in [0.15, 0.2) is 0 Å². The SMILES string of the molecule is CC(=CN1CCOCC1)C(=O)ON1C(=O)c2cccc3cccc(c23)C1=O. The van der Waals surface area contributed by atoms with Crippen molar-refractivity contribution in [3.63, 3.8) is 0 Å². The monoisotopic (exact) mass is 366 g/mol. The Morgan fingerprint density at radius 3 is 2.22 bits per heavy atom. The average Bonchev–Trinajstić information content (AvgIpc) is 2.69. The Kier molecular flexibility index (Phi) is 4.37. The number of amides is 2. The third-order valence-corrected chi connectivity index (χ3v) is 4.65. The molecule has 2 aliphatic rings. The Morgan fingerprint density at radius 2 is 1.63 bits per heavy atom. The number of imide groups is 1. The van der Waals surface area contributed by atoms with Gasteiger partial charge in [-0.25, -0.2) is 4.79 Å². The zero-order valence-electron chi connectivity index (χ0n) is 14.8. The topological polar surface area (TPSA) is 76.2 Å². The van der Waals surface area contributed by atoms with Crippen molar-refractivity contribution in [3.05, 3.63) is 59.3 Å². The van der Waals surface area contributed by atoms with Gasteiger partial charge < -0.3 is 14.5 Å². The molecule has 4 rings (SSSR count). The van der Waals surface area contributed by atoms with Crippen molar-refractivity contribution < 1.29 is 24.0 Å². The van der Waals surface area contributed by atoms with Crippen LogP contribution in [0.3, 0.4) is 0 Å². The number of carbonyl (C=O) groups excluding carboxylic acids is 3. The normalized spacial score (nSPS) is 17.4. The van der Waals surface area contributed by atoms with E-state index in [0.717, 1.165) is 5.39 Å². The van der Waals surface area contributed by atoms with E-state index in [1.807, 2.05) is 17.0 Å². The molecule has 0 atom stereocenters. The van der Waals surface area contributed by atoms with Gasteiger partial charge in [-0.1, -0.05) is 29.3 Å². The molecule has 0 N–H and O–H groups in total. The summed E-state index contributed by atoms with van der Waals surface area (Å²) in [6, 6.07) is 10.4. The Labute approximate surface area is 155 Å². The van der Waals surface area contributed by atoms with E-state index in [9.17, 15) is 14.4 Å². The largest absolute Gasteiger partial charge is 0.378 e. The van der Waals surface area contributed by atoms with Gasteiger partial charge in [0.25, 0.3) is 11.8 Å². The van der Waals surface area contributed by atoms with Crippen LogP contribution in [0, 0.1) is 0 Å². The van der Waals surface area contributed by atoms with Crippen molar-refractivity contribution in [1.82, 2.24) is 9.96 Å². The minimum Gasteiger partial charge on any atom is -0.378 e. The predicted molar refractivity (Wildman–Crippen MR) is 96.7 cm³/mol. The summed E-state index contributed by atoms with van der Waals surface area (Å²) < 4.78 is 5.27. The van der Waals surface area contributed by atoms with Crippen molar-refractivity contribution in [2.24, 2.45) is 0 Å². The van der Waals surface area contributed by atoms with Crippen LogP contribution in [-0.4, -0.2) is 54.1 Å².